The molecule has 0 aliphatic rings. The van der Waals surface area contributed by atoms with Gasteiger partial charge in [-0.05, 0) is 43.7 Å². The molecule has 31 heavy (non-hydrogen) atoms. The lowest BCUT2D eigenvalue weighted by molar-refractivity contribution is -0.116. The van der Waals surface area contributed by atoms with E-state index in [9.17, 15) is 9.59 Å². The van der Waals surface area contributed by atoms with Gasteiger partial charge < -0.3 is 10.6 Å². The number of carbonyl (C=O) groups excluding carboxylic acids is 1. The average Bonchev–Trinajstić information content (AvgIpc) is 3.18. The van der Waals surface area contributed by atoms with Gasteiger partial charge in [-0.3, -0.25) is 18.6 Å². The highest BCUT2D eigenvalue weighted by molar-refractivity contribution is 6.33. The maximum absolute atomic E-state index is 12.8. The number of nitrogens with zero attached hydrogens (tertiary/aromatic N) is 4. The number of hydrogen-bond acceptors (Lipinski definition) is 5. The van der Waals surface area contributed by atoms with Crippen molar-refractivity contribution in [3.8, 4) is 0 Å². The quantitative estimate of drug-likeness (QED) is 0.453. The molecule has 0 aliphatic heterocycles. The third-order valence-corrected chi connectivity index (χ3v) is 5.38. The monoisotopic (exact) mass is 438 g/mol. The zero-order chi connectivity index (χ0) is 22.0. The molecular formula is C22H23ClN6O2. The summed E-state index contributed by atoms with van der Waals surface area (Å²) in [6.07, 6.45) is 1.24. The van der Waals surface area contributed by atoms with Crippen LogP contribution in [0.2, 0.25) is 5.02 Å². The standard InChI is InChI=1S/C22H23ClN6O2/c1-3-7-20(30)25-14-10-11-16(23)17(12-14)24-13-19-26-27-22-28(4-2)21(31)15-8-5-6-9-18(15)29(19)22/h5-6,8-12,24H,3-4,7,13H2,1-2H3,(H,25,30). The molecule has 2 aromatic carbocycles. The fraction of sp³-hybridized carbons (Fsp3) is 0.273. The summed E-state index contributed by atoms with van der Waals surface area (Å²) < 4.78 is 3.49. The number of halogens is 1. The smallest absolute Gasteiger partial charge is 0.262 e. The van der Waals surface area contributed by atoms with Crippen LogP contribution in [0.25, 0.3) is 16.7 Å². The molecule has 9 heteroatoms. The van der Waals surface area contributed by atoms with Crippen LogP contribution in [0.1, 0.15) is 32.5 Å². The van der Waals surface area contributed by atoms with E-state index < -0.39 is 0 Å². The Bertz CT molecular complexity index is 1330. The number of amides is 1. The summed E-state index contributed by atoms with van der Waals surface area (Å²) in [4.78, 5) is 24.7. The maximum atomic E-state index is 12.8. The van der Waals surface area contributed by atoms with Crippen molar-refractivity contribution in [2.75, 3.05) is 10.6 Å². The van der Waals surface area contributed by atoms with Crippen LogP contribution in [0, 0.1) is 0 Å². The van der Waals surface area contributed by atoms with Crippen LogP contribution in [-0.4, -0.2) is 25.1 Å². The first kappa shape index (κ1) is 20.9. The summed E-state index contributed by atoms with van der Waals surface area (Å²) in [7, 11) is 0. The van der Waals surface area contributed by atoms with Gasteiger partial charge in [0, 0.05) is 18.7 Å². The van der Waals surface area contributed by atoms with E-state index in [0.717, 1.165) is 11.9 Å². The van der Waals surface area contributed by atoms with E-state index in [4.69, 9.17) is 11.6 Å². The largest absolute Gasteiger partial charge is 0.376 e. The number of nitrogens with one attached hydrogen (secondary N) is 2. The fourth-order valence-electron chi connectivity index (χ4n) is 3.58. The van der Waals surface area contributed by atoms with Gasteiger partial charge >= 0.3 is 0 Å². The molecule has 0 aliphatic carbocycles. The van der Waals surface area contributed by atoms with Crippen LogP contribution in [0.3, 0.4) is 0 Å². The van der Waals surface area contributed by atoms with Crippen LogP contribution >= 0.6 is 11.6 Å². The second-order valence-electron chi connectivity index (χ2n) is 7.16. The van der Waals surface area contributed by atoms with Crippen LogP contribution in [0.5, 0.6) is 0 Å². The molecule has 2 heterocycles. The normalized spacial score (nSPS) is 11.2. The van der Waals surface area contributed by atoms with Crippen LogP contribution in [0.4, 0.5) is 11.4 Å². The first-order valence-corrected chi connectivity index (χ1v) is 10.6. The lowest BCUT2D eigenvalue weighted by Crippen LogP contribution is -2.23. The van der Waals surface area contributed by atoms with Gasteiger partial charge in [0.05, 0.1) is 28.2 Å². The van der Waals surface area contributed by atoms with Crippen molar-refractivity contribution < 1.29 is 4.79 Å². The maximum Gasteiger partial charge on any atom is 0.262 e. The number of fused-ring (bicyclic) bond motifs is 3. The Kier molecular flexibility index (Phi) is 5.90. The minimum Gasteiger partial charge on any atom is -0.376 e. The van der Waals surface area contributed by atoms with Gasteiger partial charge in [0.2, 0.25) is 11.7 Å². The van der Waals surface area contributed by atoms with Crippen molar-refractivity contribution in [1.29, 1.82) is 0 Å². The zero-order valence-electron chi connectivity index (χ0n) is 17.4. The molecule has 0 radical (unpaired) electrons. The van der Waals surface area contributed by atoms with Crippen molar-refractivity contribution in [2.24, 2.45) is 0 Å². The van der Waals surface area contributed by atoms with Crippen LogP contribution in [-0.2, 0) is 17.9 Å². The van der Waals surface area contributed by atoms with E-state index >= 15 is 0 Å². The summed E-state index contributed by atoms with van der Waals surface area (Å²) in [5.41, 5.74) is 2.00. The Hall–Kier alpha value is -3.39. The number of aromatic nitrogens is 4. The molecule has 4 rings (SSSR count). The molecule has 2 N–H and O–H groups in total. The molecule has 0 saturated heterocycles. The van der Waals surface area contributed by atoms with Gasteiger partial charge in [-0.15, -0.1) is 10.2 Å². The lowest BCUT2D eigenvalue weighted by atomic mass is 10.2. The van der Waals surface area contributed by atoms with Gasteiger partial charge in [0.25, 0.3) is 5.56 Å². The zero-order valence-corrected chi connectivity index (χ0v) is 18.1. The fourth-order valence-corrected chi connectivity index (χ4v) is 3.76. The van der Waals surface area contributed by atoms with Crippen molar-refractivity contribution in [1.82, 2.24) is 19.2 Å². The Balaban J connectivity index is 1.68. The SMILES string of the molecule is CCCC(=O)Nc1ccc(Cl)c(NCc2nnc3n(CC)c(=O)c4ccccc4n23)c1. The molecule has 160 valence electrons. The molecular weight excluding hydrogens is 416 g/mol. The highest BCUT2D eigenvalue weighted by atomic mass is 35.5. The van der Waals surface area contributed by atoms with Gasteiger partial charge in [0.15, 0.2) is 5.82 Å². The van der Waals surface area contributed by atoms with Crippen molar-refractivity contribution in [3.05, 3.63) is 63.7 Å². The van der Waals surface area contributed by atoms with Gasteiger partial charge in [0.1, 0.15) is 0 Å². The highest BCUT2D eigenvalue weighted by Gasteiger charge is 2.16. The Morgan fingerprint density at radius 3 is 2.71 bits per heavy atom. The number of rotatable bonds is 7. The summed E-state index contributed by atoms with van der Waals surface area (Å²) in [6, 6.07) is 12.7. The topological polar surface area (TPSA) is 93.3 Å². The molecule has 0 atom stereocenters. The van der Waals surface area contributed by atoms with Crippen LogP contribution < -0.4 is 16.2 Å². The van der Waals surface area contributed by atoms with E-state index in [0.29, 0.717) is 52.9 Å². The molecule has 4 aromatic rings. The number of para-hydroxylation sites is 1. The summed E-state index contributed by atoms with van der Waals surface area (Å²) in [5, 5.41) is 15.9. The van der Waals surface area contributed by atoms with Crippen LogP contribution in [0.15, 0.2) is 47.3 Å². The Morgan fingerprint density at radius 1 is 1.13 bits per heavy atom. The van der Waals surface area contributed by atoms with E-state index in [1.165, 1.54) is 0 Å². The van der Waals surface area contributed by atoms with Gasteiger partial charge in [-0.1, -0.05) is 30.7 Å². The third-order valence-electron chi connectivity index (χ3n) is 5.06. The first-order valence-electron chi connectivity index (χ1n) is 10.2. The molecule has 0 saturated carbocycles. The van der Waals surface area contributed by atoms with E-state index in [-0.39, 0.29) is 11.5 Å². The molecule has 0 unspecified atom stereocenters. The van der Waals surface area contributed by atoms with Gasteiger partial charge in [-0.25, -0.2) is 0 Å². The van der Waals surface area contributed by atoms with E-state index in [1.54, 1.807) is 28.8 Å². The number of carbonyl (C=O) groups is 1. The first-order chi connectivity index (χ1) is 15.0. The molecule has 2 aromatic heterocycles. The molecule has 1 amide bonds. The van der Waals surface area contributed by atoms with Crippen molar-refractivity contribution in [3.63, 3.8) is 0 Å². The summed E-state index contributed by atoms with van der Waals surface area (Å²) in [5.74, 6) is 1.10. The van der Waals surface area contributed by atoms with E-state index in [1.807, 2.05) is 36.4 Å². The minimum atomic E-state index is -0.0870. The van der Waals surface area contributed by atoms with E-state index in [2.05, 4.69) is 20.8 Å². The molecule has 0 fully saturated rings. The Labute approximate surface area is 183 Å². The minimum absolute atomic E-state index is 0.0387. The number of aryl methyl sites for hydroxylation is 1. The highest BCUT2D eigenvalue weighted by Crippen LogP contribution is 2.26. The summed E-state index contributed by atoms with van der Waals surface area (Å²) >= 11 is 6.35. The predicted octanol–water partition coefficient (Wildman–Crippen LogP) is 4.07. The Morgan fingerprint density at radius 2 is 1.94 bits per heavy atom. The summed E-state index contributed by atoms with van der Waals surface area (Å²) in [6.45, 7) is 4.68. The average molecular weight is 439 g/mol. The number of benzene rings is 2. The van der Waals surface area contributed by atoms with Crippen molar-refractivity contribution in [2.45, 2.75) is 39.8 Å². The third kappa shape index (κ3) is 3.98. The second-order valence-corrected chi connectivity index (χ2v) is 7.57. The second kappa shape index (κ2) is 8.77. The molecule has 0 bridgehead atoms. The lowest BCUT2D eigenvalue weighted by Gasteiger charge is -2.12. The predicted molar refractivity (Wildman–Crippen MR) is 123 cm³/mol. The number of hydrogen-bond donors (Lipinski definition) is 2. The van der Waals surface area contributed by atoms with Crippen molar-refractivity contribution >= 4 is 45.6 Å². The number of anilines is 2. The molecule has 0 spiro atoms. The van der Waals surface area contributed by atoms with Gasteiger partial charge in [-0.2, -0.15) is 0 Å². The molecule has 8 nitrogen and oxygen atoms in total.